The molecule has 12 aliphatic heterocycles. The predicted octanol–water partition coefficient (Wildman–Crippen LogP) is 3.31. The molecule has 9 saturated heterocycles. The topological polar surface area (TPSA) is 622 Å². The highest BCUT2D eigenvalue weighted by molar-refractivity contribution is 7.47. The fourth-order valence-electron chi connectivity index (χ4n) is 19.0. The number of carbonyl (C=O) groups is 3. The molecule has 750 valence electrons. The first-order valence-electron chi connectivity index (χ1n) is 49.6. The second-order valence-electron chi connectivity index (χ2n) is 33.0. The summed E-state index contributed by atoms with van der Waals surface area (Å²) < 4.78 is 332. The SMILES string of the molecule is [2H]C([2H])([2H])Oc1cc([C@]2([2H])c3cc4c(cc3[C@@H](O[C@@H]3O[C@@H]5CO[C@@H](C)O[C@H]5[C@H](O)[C@H]3O)[C@H]3COC(=O)[C@@]32[2H])OCO4)cc(OC([2H])([2H])[2H])c1OP(=O)(O)O.[2H]C1([2H])OC(=O)[C@@]2([2H])[C@H]1[C@H](O[C@@H]1O[C@@H]3CO[C@@H](C)O[C@H]3[C@H](O)[C@H]1O)c1cc3c(cc1[C@@]2([2H])c1cc(OC)c(OP(=O)(O)O)c(OC)c1)OCO3.[2H]C1([2H])OC(=O)[C@]2([2H])[C@H](c3cc(OC)c(OP(=O)(O)O)c(OC)c3)c3cc4c(cc3[C@@H](O[C@@H]3O[C@@H]5CO[C@@H](C)O[C@H]5[C@H](O)[C@H]3O)[C@@H]12)OCO4. The van der Waals surface area contributed by atoms with E-state index in [4.69, 9.17) is 151 Å². The van der Waals surface area contributed by atoms with Gasteiger partial charge >= 0.3 is 41.4 Å². The molecule has 12 heterocycles. The van der Waals surface area contributed by atoms with E-state index in [1.807, 2.05) is 0 Å². The number of ether oxygens (including phenoxy) is 27. The Hall–Kier alpha value is -9.54. The summed E-state index contributed by atoms with van der Waals surface area (Å²) >= 11 is 0. The van der Waals surface area contributed by atoms with Crippen molar-refractivity contribution in [1.82, 2.24) is 0 Å². The Morgan fingerprint density at radius 3 is 0.978 bits per heavy atom. The molecule has 0 bridgehead atoms. The number of esters is 3. The summed E-state index contributed by atoms with van der Waals surface area (Å²) in [5, 5.41) is 66.4. The molecule has 0 spiro atoms. The molecular formula is C87H99O48P3. The Morgan fingerprint density at radius 2 is 0.638 bits per heavy atom. The monoisotopic (exact) mass is 2020 g/mol. The van der Waals surface area contributed by atoms with Crippen molar-refractivity contribution in [3.63, 3.8) is 0 Å². The Morgan fingerprint density at radius 1 is 0.348 bits per heavy atom. The number of carbonyl (C=O) groups excluding carboxylic acids is 3. The van der Waals surface area contributed by atoms with Gasteiger partial charge in [0.15, 0.2) is 107 Å². The van der Waals surface area contributed by atoms with Gasteiger partial charge in [-0.25, -0.2) is 13.7 Å². The Kier molecular flexibility index (Phi) is 22.3. The van der Waals surface area contributed by atoms with E-state index in [2.05, 4.69) is 4.52 Å². The fourth-order valence-corrected chi connectivity index (χ4v) is 20.2. The molecule has 6 aromatic carbocycles. The van der Waals surface area contributed by atoms with Gasteiger partial charge in [-0.15, -0.1) is 0 Å². The number of benzene rings is 6. The van der Waals surface area contributed by atoms with Crippen LogP contribution in [0.5, 0.6) is 86.2 Å². The van der Waals surface area contributed by atoms with Gasteiger partial charge in [-0.3, -0.25) is 43.7 Å². The van der Waals surface area contributed by atoms with Crippen molar-refractivity contribution in [3.05, 3.63) is 123 Å². The lowest BCUT2D eigenvalue weighted by Crippen LogP contribution is -2.63. The quantitative estimate of drug-likeness (QED) is 0.0279. The normalized spacial score (nSPS) is 39.8. The minimum atomic E-state index is -5.59. The highest BCUT2D eigenvalue weighted by Gasteiger charge is 2.62. The lowest BCUT2D eigenvalue weighted by molar-refractivity contribution is -0.364. The van der Waals surface area contributed by atoms with Crippen molar-refractivity contribution in [1.29, 1.82) is 0 Å². The van der Waals surface area contributed by atoms with Crippen molar-refractivity contribution >= 4 is 41.4 Å². The number of aliphatic hydroxyl groups is 6. The molecule has 51 heteroatoms. The maximum atomic E-state index is 13.9. The third-order valence-electron chi connectivity index (χ3n) is 24.9. The van der Waals surface area contributed by atoms with Gasteiger partial charge in [-0.05, 0) is 144 Å². The summed E-state index contributed by atoms with van der Waals surface area (Å²) in [6.45, 7) is -2.38. The maximum absolute atomic E-state index is 13.9. The number of phosphoric acid groups is 3. The Balaban J connectivity index is 0.000000144. The van der Waals surface area contributed by atoms with Crippen LogP contribution in [-0.2, 0) is 99.1 Å². The van der Waals surface area contributed by atoms with Crippen molar-refractivity contribution < 1.29 is 250 Å². The number of phosphoric ester groups is 3. The second-order valence-corrected chi connectivity index (χ2v) is 36.5. The van der Waals surface area contributed by atoms with E-state index in [1.165, 1.54) is 62.8 Å². The molecule has 9 fully saturated rings. The van der Waals surface area contributed by atoms with Crippen LogP contribution in [0.2, 0.25) is 0 Å². The molecule has 30 atom stereocenters. The molecule has 12 N–H and O–H groups in total. The predicted molar refractivity (Wildman–Crippen MR) is 448 cm³/mol. The van der Waals surface area contributed by atoms with Crippen LogP contribution in [0.15, 0.2) is 72.8 Å². The zero-order valence-corrected chi connectivity index (χ0v) is 75.4. The average molecular weight is 2020 g/mol. The van der Waals surface area contributed by atoms with Crippen LogP contribution in [0.1, 0.15) is 127 Å². The molecule has 0 saturated carbocycles. The average Bonchev–Trinajstić information content (AvgIpc) is 1.44. The first kappa shape index (κ1) is 80.1. The van der Waals surface area contributed by atoms with Gasteiger partial charge in [-0.2, -0.15) is 0 Å². The van der Waals surface area contributed by atoms with Gasteiger partial charge in [0.25, 0.3) is 0 Å². The molecule has 15 aliphatic rings. The number of cyclic esters (lactones) is 3. The molecule has 48 nitrogen and oxygen atoms in total. The number of rotatable bonds is 21. The lowest BCUT2D eigenvalue weighted by atomic mass is 9.66. The van der Waals surface area contributed by atoms with Gasteiger partial charge in [-0.1, -0.05) is 0 Å². The highest BCUT2D eigenvalue weighted by Crippen LogP contribution is 2.64. The summed E-state index contributed by atoms with van der Waals surface area (Å²) in [6, 6.07) is 14.5. The molecule has 0 radical (unpaired) electrons. The van der Waals surface area contributed by atoms with Crippen LogP contribution in [-0.4, -0.2) is 291 Å². The summed E-state index contributed by atoms with van der Waals surface area (Å²) in [5.41, 5.74) is -0.619. The van der Waals surface area contributed by atoms with Gasteiger partial charge in [0.2, 0.25) is 37.6 Å². The third-order valence-corrected chi connectivity index (χ3v) is 26.2. The molecule has 0 unspecified atom stereocenters. The minimum absolute atomic E-state index is 0.00459. The summed E-state index contributed by atoms with van der Waals surface area (Å²) in [6.07, 6.45) is -27.2. The van der Waals surface area contributed by atoms with Crippen molar-refractivity contribution in [2.24, 2.45) is 35.4 Å². The van der Waals surface area contributed by atoms with Crippen molar-refractivity contribution in [3.8, 4) is 86.2 Å². The fraction of sp³-hybridized carbons (Fsp3) is 0.552. The second kappa shape index (κ2) is 38.4. The molecule has 0 aromatic heterocycles. The van der Waals surface area contributed by atoms with Gasteiger partial charge in [0.05, 0.1) is 132 Å². The van der Waals surface area contributed by atoms with Crippen LogP contribution in [0.3, 0.4) is 0 Å². The van der Waals surface area contributed by atoms with E-state index in [0.717, 1.165) is 38.5 Å². The Labute approximate surface area is 803 Å². The van der Waals surface area contributed by atoms with Crippen LogP contribution < -0.4 is 70.4 Å². The summed E-state index contributed by atoms with van der Waals surface area (Å²) in [4.78, 5) is 99.0. The first-order chi connectivity index (χ1) is 71.5. The largest absolute Gasteiger partial charge is 0.525 e. The van der Waals surface area contributed by atoms with Crippen molar-refractivity contribution in [2.45, 2.75) is 168 Å². The van der Waals surface area contributed by atoms with E-state index >= 15 is 0 Å². The summed E-state index contributed by atoms with van der Waals surface area (Å²) in [7, 11) is -18.0. The Bertz CT molecular complexity index is 6450. The van der Waals surface area contributed by atoms with E-state index < -0.39 is 292 Å². The highest BCUT2D eigenvalue weighted by atomic mass is 31.2. The number of aliphatic hydroxyl groups excluding tert-OH is 6. The van der Waals surface area contributed by atoms with Crippen LogP contribution in [0.25, 0.3) is 0 Å². The number of methoxy groups -OCH3 is 6. The molecular weight excluding hydrogens is 1910 g/mol. The molecule has 3 aliphatic carbocycles. The van der Waals surface area contributed by atoms with E-state index in [9.17, 15) is 94.9 Å². The van der Waals surface area contributed by atoms with Gasteiger partial charge < -0.3 is 172 Å². The molecule has 6 aromatic rings. The molecule has 21 rings (SSSR count). The molecule has 138 heavy (non-hydrogen) atoms. The molecule has 0 amide bonds. The van der Waals surface area contributed by atoms with E-state index in [-0.39, 0.29) is 142 Å². The van der Waals surface area contributed by atoms with Gasteiger partial charge in [0.1, 0.15) is 73.2 Å². The number of fused-ring (bicyclic) bond motifs is 12. The van der Waals surface area contributed by atoms with E-state index in [1.54, 1.807) is 20.8 Å². The smallest absolute Gasteiger partial charge is 0.493 e. The third kappa shape index (κ3) is 18.3. The number of hydrogen-bond acceptors (Lipinski definition) is 42. The van der Waals surface area contributed by atoms with Crippen LogP contribution in [0, 0.1) is 35.4 Å². The lowest BCUT2D eigenvalue weighted by Gasteiger charge is -2.47. The van der Waals surface area contributed by atoms with Crippen molar-refractivity contribution in [2.75, 3.05) is 102 Å². The maximum Gasteiger partial charge on any atom is 0.525 e. The zero-order valence-electron chi connectivity index (χ0n) is 87.7. The van der Waals surface area contributed by atoms with Crippen LogP contribution >= 0.6 is 23.5 Å². The number of hydrogen-bond donors (Lipinski definition) is 12. The summed E-state index contributed by atoms with van der Waals surface area (Å²) in [5.74, 6) is -28.8. The zero-order chi connectivity index (χ0) is 111. The standard InChI is InChI=1S/3C29H33O16P/c3*1-11-38-9-20-27(42-11)23(30)24(31)29(43-20)44-25-14-7-17-16(40-10-41-17)6-13(14)21(22-15(25)8-39-28(22)32)12-4-18(36-2)26(19(5-12)37-3)45-46(33,34)35/h3*4-7,11,15,20-25,27,29-31H,8-10H2,1-3H3,(H2,33,34,35)/t3*11-,15+,20-,21-,22+,23-,24-,25-,27-,29+/m111/s1/i2D3,3D3,21D,22D;8D2,21D,22D;8D2,22D. The first-order valence-corrected chi connectivity index (χ1v) is 46.7. The van der Waals surface area contributed by atoms with E-state index in [0.29, 0.717) is 0 Å². The van der Waals surface area contributed by atoms with Crippen LogP contribution in [0.4, 0.5) is 0 Å². The minimum Gasteiger partial charge on any atom is -0.493 e. The van der Waals surface area contributed by atoms with Gasteiger partial charge in [0, 0.05) is 42.3 Å².